The van der Waals surface area contributed by atoms with Crippen LogP contribution in [-0.4, -0.2) is 29.3 Å². The number of aryl methyl sites for hydroxylation is 3. The lowest BCUT2D eigenvalue weighted by molar-refractivity contribution is -0.140. The number of unbranched alkanes of at least 4 members (excludes halogenated alkanes) is 1. The van der Waals surface area contributed by atoms with E-state index in [1.165, 1.54) is 0 Å². The van der Waals surface area contributed by atoms with Crippen molar-refractivity contribution in [2.24, 2.45) is 0 Å². The monoisotopic (exact) mass is 394 g/mol. The van der Waals surface area contributed by atoms with E-state index in [0.29, 0.717) is 19.5 Å². The Kier molecular flexibility index (Phi) is 8.44. The number of hydrogen-bond donors (Lipinski definition) is 1. The normalized spacial score (nSPS) is 11.8. The SMILES string of the molecule is CCCCNC(=O)[C@@H](C)N(Cc1ccccc1C)C(=O)Cc1cc(C)ccc1C. The highest BCUT2D eigenvalue weighted by atomic mass is 16.2. The predicted octanol–water partition coefficient (Wildman–Crippen LogP) is 4.49. The number of amides is 2. The standard InChI is InChI=1S/C25H34N2O2/c1-6-7-14-26-25(29)21(5)27(17-22-11-9-8-10-19(22)3)24(28)16-23-15-18(2)12-13-20(23)4/h8-13,15,21H,6-7,14,16-17H2,1-5H3,(H,26,29)/t21-/m1/s1. The van der Waals surface area contributed by atoms with Gasteiger partial charge in [-0.25, -0.2) is 0 Å². The van der Waals surface area contributed by atoms with E-state index < -0.39 is 6.04 Å². The van der Waals surface area contributed by atoms with Gasteiger partial charge in [0.15, 0.2) is 0 Å². The lowest BCUT2D eigenvalue weighted by Gasteiger charge is -2.29. The van der Waals surface area contributed by atoms with Gasteiger partial charge in [-0.1, -0.05) is 61.4 Å². The molecule has 1 N–H and O–H groups in total. The second-order valence-electron chi connectivity index (χ2n) is 7.88. The lowest BCUT2D eigenvalue weighted by atomic mass is 10.0. The fourth-order valence-corrected chi connectivity index (χ4v) is 3.34. The van der Waals surface area contributed by atoms with E-state index in [4.69, 9.17) is 0 Å². The van der Waals surface area contributed by atoms with Crippen LogP contribution in [0.1, 0.15) is 54.5 Å². The van der Waals surface area contributed by atoms with Crippen LogP contribution in [0.2, 0.25) is 0 Å². The molecule has 0 spiro atoms. The number of nitrogens with zero attached hydrogens (tertiary/aromatic N) is 1. The van der Waals surface area contributed by atoms with Crippen molar-refractivity contribution in [2.75, 3.05) is 6.54 Å². The fraction of sp³-hybridized carbons (Fsp3) is 0.440. The molecule has 156 valence electrons. The zero-order valence-corrected chi connectivity index (χ0v) is 18.4. The van der Waals surface area contributed by atoms with Gasteiger partial charge < -0.3 is 10.2 Å². The third-order valence-corrected chi connectivity index (χ3v) is 5.45. The number of rotatable bonds is 9. The maximum atomic E-state index is 13.3. The molecular weight excluding hydrogens is 360 g/mol. The summed E-state index contributed by atoms with van der Waals surface area (Å²) in [5, 5.41) is 2.97. The minimum absolute atomic E-state index is 0.0277. The van der Waals surface area contributed by atoms with Gasteiger partial charge in [0.05, 0.1) is 6.42 Å². The van der Waals surface area contributed by atoms with Crippen LogP contribution in [-0.2, 0) is 22.6 Å². The van der Waals surface area contributed by atoms with Crippen LogP contribution in [0, 0.1) is 20.8 Å². The molecule has 2 aromatic carbocycles. The van der Waals surface area contributed by atoms with E-state index in [-0.39, 0.29) is 11.8 Å². The van der Waals surface area contributed by atoms with E-state index in [0.717, 1.165) is 40.7 Å². The maximum Gasteiger partial charge on any atom is 0.242 e. The summed E-state index contributed by atoms with van der Waals surface area (Å²) in [7, 11) is 0. The summed E-state index contributed by atoms with van der Waals surface area (Å²) >= 11 is 0. The Morgan fingerprint density at radius 1 is 1.00 bits per heavy atom. The van der Waals surface area contributed by atoms with Crippen LogP contribution in [0.15, 0.2) is 42.5 Å². The molecule has 0 heterocycles. The van der Waals surface area contributed by atoms with Crippen molar-refractivity contribution in [1.29, 1.82) is 0 Å². The molecule has 0 bridgehead atoms. The van der Waals surface area contributed by atoms with Crippen LogP contribution >= 0.6 is 0 Å². The number of nitrogens with one attached hydrogen (secondary N) is 1. The van der Waals surface area contributed by atoms with Crippen molar-refractivity contribution < 1.29 is 9.59 Å². The third kappa shape index (κ3) is 6.45. The van der Waals surface area contributed by atoms with Gasteiger partial charge in [-0.2, -0.15) is 0 Å². The molecule has 0 saturated carbocycles. The summed E-state index contributed by atoms with van der Waals surface area (Å²) in [6.07, 6.45) is 2.26. The van der Waals surface area contributed by atoms with Gasteiger partial charge >= 0.3 is 0 Å². The Labute approximate surface area is 175 Å². The summed E-state index contributed by atoms with van der Waals surface area (Å²) in [6.45, 7) is 11.1. The second-order valence-corrected chi connectivity index (χ2v) is 7.88. The molecule has 2 rings (SSSR count). The molecule has 0 fully saturated rings. The average Bonchev–Trinajstić information content (AvgIpc) is 2.69. The highest BCUT2D eigenvalue weighted by molar-refractivity contribution is 5.88. The Morgan fingerprint density at radius 3 is 2.38 bits per heavy atom. The van der Waals surface area contributed by atoms with Gasteiger partial charge in [0, 0.05) is 13.1 Å². The molecule has 0 saturated heterocycles. The first-order valence-electron chi connectivity index (χ1n) is 10.5. The smallest absolute Gasteiger partial charge is 0.242 e. The molecular formula is C25H34N2O2. The first-order valence-corrected chi connectivity index (χ1v) is 10.5. The van der Waals surface area contributed by atoms with E-state index in [2.05, 4.69) is 24.4 Å². The Bertz CT molecular complexity index is 844. The maximum absolute atomic E-state index is 13.3. The number of benzene rings is 2. The van der Waals surface area contributed by atoms with Crippen molar-refractivity contribution in [1.82, 2.24) is 10.2 Å². The van der Waals surface area contributed by atoms with Gasteiger partial charge in [0.25, 0.3) is 0 Å². The number of hydrogen-bond acceptors (Lipinski definition) is 2. The minimum atomic E-state index is -0.524. The van der Waals surface area contributed by atoms with Crippen LogP contribution in [0.5, 0.6) is 0 Å². The Morgan fingerprint density at radius 2 is 1.69 bits per heavy atom. The molecule has 0 radical (unpaired) electrons. The molecule has 2 aromatic rings. The van der Waals surface area contributed by atoms with Crippen molar-refractivity contribution in [3.05, 3.63) is 70.3 Å². The summed E-state index contributed by atoms with van der Waals surface area (Å²) < 4.78 is 0. The molecule has 0 aliphatic heterocycles. The van der Waals surface area contributed by atoms with Gasteiger partial charge in [-0.3, -0.25) is 9.59 Å². The molecule has 0 aliphatic rings. The molecule has 2 amide bonds. The van der Waals surface area contributed by atoms with Gasteiger partial charge in [-0.15, -0.1) is 0 Å². The topological polar surface area (TPSA) is 49.4 Å². The van der Waals surface area contributed by atoms with Crippen LogP contribution < -0.4 is 5.32 Å². The van der Waals surface area contributed by atoms with Crippen molar-refractivity contribution in [2.45, 2.75) is 66.5 Å². The summed E-state index contributed by atoms with van der Waals surface area (Å²) in [4.78, 5) is 27.7. The predicted molar refractivity (Wildman–Crippen MR) is 119 cm³/mol. The quantitative estimate of drug-likeness (QED) is 0.637. The molecule has 4 heteroatoms. The van der Waals surface area contributed by atoms with E-state index in [1.807, 2.05) is 58.0 Å². The molecule has 29 heavy (non-hydrogen) atoms. The second kappa shape index (κ2) is 10.8. The zero-order chi connectivity index (χ0) is 21.4. The summed E-state index contributed by atoms with van der Waals surface area (Å²) in [5.74, 6) is -0.124. The highest BCUT2D eigenvalue weighted by Gasteiger charge is 2.26. The summed E-state index contributed by atoms with van der Waals surface area (Å²) in [5.41, 5.74) is 5.43. The first-order chi connectivity index (χ1) is 13.8. The fourth-order valence-electron chi connectivity index (χ4n) is 3.34. The van der Waals surface area contributed by atoms with Crippen LogP contribution in [0.3, 0.4) is 0 Å². The third-order valence-electron chi connectivity index (χ3n) is 5.45. The number of carbonyl (C=O) groups excluding carboxylic acids is 2. The Hall–Kier alpha value is -2.62. The molecule has 0 aliphatic carbocycles. The largest absolute Gasteiger partial charge is 0.354 e. The van der Waals surface area contributed by atoms with E-state index >= 15 is 0 Å². The molecule has 0 unspecified atom stereocenters. The van der Waals surface area contributed by atoms with Crippen LogP contribution in [0.4, 0.5) is 0 Å². The molecule has 0 aromatic heterocycles. The van der Waals surface area contributed by atoms with Gasteiger partial charge in [0.2, 0.25) is 11.8 Å². The van der Waals surface area contributed by atoms with Gasteiger partial charge in [-0.05, 0) is 56.4 Å². The van der Waals surface area contributed by atoms with E-state index in [9.17, 15) is 9.59 Å². The highest BCUT2D eigenvalue weighted by Crippen LogP contribution is 2.17. The molecule has 1 atom stereocenters. The van der Waals surface area contributed by atoms with Crippen molar-refractivity contribution >= 4 is 11.8 Å². The van der Waals surface area contributed by atoms with Crippen LogP contribution in [0.25, 0.3) is 0 Å². The van der Waals surface area contributed by atoms with E-state index in [1.54, 1.807) is 4.90 Å². The molecule has 4 nitrogen and oxygen atoms in total. The minimum Gasteiger partial charge on any atom is -0.354 e. The Balaban J connectivity index is 2.25. The first kappa shape index (κ1) is 22.7. The summed E-state index contributed by atoms with van der Waals surface area (Å²) in [6, 6.07) is 13.7. The van der Waals surface area contributed by atoms with Crippen molar-refractivity contribution in [3.8, 4) is 0 Å². The lowest BCUT2D eigenvalue weighted by Crippen LogP contribution is -2.48. The average molecular weight is 395 g/mol. The zero-order valence-electron chi connectivity index (χ0n) is 18.4. The van der Waals surface area contributed by atoms with Crippen molar-refractivity contribution in [3.63, 3.8) is 0 Å². The number of carbonyl (C=O) groups is 2. The van der Waals surface area contributed by atoms with Gasteiger partial charge in [0.1, 0.15) is 6.04 Å².